The van der Waals surface area contributed by atoms with Gasteiger partial charge in [0.05, 0.1) is 22.9 Å². The van der Waals surface area contributed by atoms with Crippen LogP contribution in [0.2, 0.25) is 5.02 Å². The lowest BCUT2D eigenvalue weighted by Crippen LogP contribution is -2.54. The van der Waals surface area contributed by atoms with Gasteiger partial charge in [-0.1, -0.05) is 23.7 Å². The van der Waals surface area contributed by atoms with Crippen molar-refractivity contribution in [3.05, 3.63) is 34.6 Å². The standard InChI is InChI=1S/C19H26ClF3N2O4S/c1-11(2)30(27,28)24-16-14(9-12-7-6-8-13(20)15(12)21)25(10-19(16,22)23)17(26)29-18(3,4)5/h6-8,11,14,16,24H,9-10H2,1-5H3/t14-,16+/m0/s1. The van der Waals surface area contributed by atoms with Crippen molar-refractivity contribution >= 4 is 27.7 Å². The monoisotopic (exact) mass is 470 g/mol. The lowest BCUT2D eigenvalue weighted by Gasteiger charge is -2.30. The molecule has 1 amide bonds. The Morgan fingerprint density at radius 1 is 1.37 bits per heavy atom. The van der Waals surface area contributed by atoms with Gasteiger partial charge in [0.15, 0.2) is 0 Å². The van der Waals surface area contributed by atoms with Crippen molar-refractivity contribution < 1.29 is 31.1 Å². The summed E-state index contributed by atoms with van der Waals surface area (Å²) in [6.07, 6.45) is -1.42. The lowest BCUT2D eigenvalue weighted by atomic mass is 9.99. The summed E-state index contributed by atoms with van der Waals surface area (Å²) in [4.78, 5) is 13.4. The Kier molecular flexibility index (Phi) is 7.05. The second-order valence-corrected chi connectivity index (χ2v) is 11.2. The van der Waals surface area contributed by atoms with Gasteiger partial charge < -0.3 is 4.74 Å². The zero-order chi connectivity index (χ0) is 23.1. The van der Waals surface area contributed by atoms with Crippen LogP contribution >= 0.6 is 11.6 Å². The number of benzene rings is 1. The molecule has 1 fully saturated rings. The van der Waals surface area contributed by atoms with E-state index in [0.29, 0.717) is 0 Å². The molecular formula is C19H26ClF3N2O4S. The molecule has 0 bridgehead atoms. The van der Waals surface area contributed by atoms with E-state index in [4.69, 9.17) is 16.3 Å². The number of nitrogens with one attached hydrogen (secondary N) is 1. The fourth-order valence-electron chi connectivity index (χ4n) is 3.06. The maximum absolute atomic E-state index is 14.9. The molecule has 1 N–H and O–H groups in total. The average molecular weight is 471 g/mol. The normalized spacial score (nSPS) is 21.9. The van der Waals surface area contributed by atoms with Crippen LogP contribution in [0, 0.1) is 5.82 Å². The molecule has 2 atom stereocenters. The molecule has 0 saturated carbocycles. The van der Waals surface area contributed by atoms with Gasteiger partial charge in [0.1, 0.15) is 17.5 Å². The van der Waals surface area contributed by atoms with Gasteiger partial charge in [-0.25, -0.2) is 31.1 Å². The third-order valence-electron chi connectivity index (χ3n) is 4.62. The molecule has 1 saturated heterocycles. The maximum Gasteiger partial charge on any atom is 0.410 e. The summed E-state index contributed by atoms with van der Waals surface area (Å²) in [5.74, 6) is -4.41. The fourth-order valence-corrected chi connectivity index (χ4v) is 4.21. The third-order valence-corrected chi connectivity index (χ3v) is 6.74. The average Bonchev–Trinajstić information content (AvgIpc) is 2.81. The van der Waals surface area contributed by atoms with Gasteiger partial charge in [-0.05, 0) is 52.7 Å². The SMILES string of the molecule is CC(C)S(=O)(=O)N[C@@H]1[C@H](Cc2cccc(Cl)c2F)N(C(=O)OC(C)(C)C)CC1(F)F. The first kappa shape index (κ1) is 24.7. The number of sulfonamides is 1. The predicted molar refractivity (Wildman–Crippen MR) is 108 cm³/mol. The van der Waals surface area contributed by atoms with Gasteiger partial charge in [-0.15, -0.1) is 0 Å². The van der Waals surface area contributed by atoms with Gasteiger partial charge in [-0.2, -0.15) is 0 Å². The third kappa shape index (κ3) is 5.59. The Morgan fingerprint density at radius 3 is 2.50 bits per heavy atom. The van der Waals surface area contributed by atoms with Crippen molar-refractivity contribution in [2.45, 2.75) is 69.9 Å². The zero-order valence-electron chi connectivity index (χ0n) is 17.4. The van der Waals surface area contributed by atoms with Crippen LogP contribution < -0.4 is 4.72 Å². The van der Waals surface area contributed by atoms with E-state index < -0.39 is 57.3 Å². The number of amides is 1. The molecule has 0 spiro atoms. The van der Waals surface area contributed by atoms with Crippen LogP contribution in [0.4, 0.5) is 18.0 Å². The Balaban J connectivity index is 2.49. The van der Waals surface area contributed by atoms with Gasteiger partial charge in [0, 0.05) is 0 Å². The lowest BCUT2D eigenvalue weighted by molar-refractivity contribution is -0.0123. The van der Waals surface area contributed by atoms with Crippen LogP contribution in [-0.2, 0) is 21.2 Å². The minimum atomic E-state index is -4.11. The van der Waals surface area contributed by atoms with Crippen LogP contribution in [0.5, 0.6) is 0 Å². The molecule has 1 heterocycles. The number of rotatable bonds is 5. The number of alkyl halides is 2. The van der Waals surface area contributed by atoms with Crippen molar-refractivity contribution in [1.29, 1.82) is 0 Å². The molecule has 1 aliphatic rings. The first-order valence-electron chi connectivity index (χ1n) is 9.36. The van der Waals surface area contributed by atoms with Gasteiger partial charge in [-0.3, -0.25) is 4.90 Å². The minimum absolute atomic E-state index is 0.0208. The molecular weight excluding hydrogens is 445 g/mol. The van der Waals surface area contributed by atoms with Crippen LogP contribution in [-0.4, -0.2) is 54.8 Å². The summed E-state index contributed by atoms with van der Waals surface area (Å²) in [5, 5.41) is -1.19. The summed E-state index contributed by atoms with van der Waals surface area (Å²) >= 11 is 5.79. The van der Waals surface area contributed by atoms with Crippen molar-refractivity contribution in [1.82, 2.24) is 9.62 Å². The van der Waals surface area contributed by atoms with Gasteiger partial charge >= 0.3 is 6.09 Å². The molecule has 0 radical (unpaired) electrons. The molecule has 30 heavy (non-hydrogen) atoms. The van der Waals surface area contributed by atoms with E-state index in [1.54, 1.807) is 20.8 Å². The summed E-state index contributed by atoms with van der Waals surface area (Å²) in [5.41, 5.74) is -0.985. The van der Waals surface area contributed by atoms with Crippen molar-refractivity contribution in [2.24, 2.45) is 0 Å². The number of hydrogen-bond acceptors (Lipinski definition) is 4. The highest BCUT2D eigenvalue weighted by Crippen LogP contribution is 2.36. The van der Waals surface area contributed by atoms with Crippen LogP contribution in [0.1, 0.15) is 40.2 Å². The number of ether oxygens (including phenoxy) is 1. The topological polar surface area (TPSA) is 75.7 Å². The molecule has 11 heteroatoms. The van der Waals surface area contributed by atoms with E-state index in [2.05, 4.69) is 0 Å². The Morgan fingerprint density at radius 2 is 1.97 bits per heavy atom. The molecule has 1 aliphatic heterocycles. The van der Waals surface area contributed by atoms with Crippen LogP contribution in [0.25, 0.3) is 0 Å². The predicted octanol–water partition coefficient (Wildman–Crippen LogP) is 3.97. The van der Waals surface area contributed by atoms with Crippen molar-refractivity contribution in [3.63, 3.8) is 0 Å². The molecule has 170 valence electrons. The van der Waals surface area contributed by atoms with E-state index in [0.717, 1.165) is 4.90 Å². The van der Waals surface area contributed by atoms with Gasteiger partial charge in [0.2, 0.25) is 10.0 Å². The first-order chi connectivity index (χ1) is 13.5. The molecule has 1 aromatic rings. The Labute approximate surface area is 179 Å². The van der Waals surface area contributed by atoms with Crippen molar-refractivity contribution in [2.75, 3.05) is 6.54 Å². The highest BCUT2D eigenvalue weighted by molar-refractivity contribution is 7.90. The number of likely N-dealkylation sites (tertiary alicyclic amines) is 1. The number of carbonyl (C=O) groups is 1. The highest BCUT2D eigenvalue weighted by atomic mass is 35.5. The minimum Gasteiger partial charge on any atom is -0.444 e. The number of halogens is 4. The van der Waals surface area contributed by atoms with E-state index >= 15 is 0 Å². The summed E-state index contributed by atoms with van der Waals surface area (Å²) in [6, 6.07) is 0.735. The highest BCUT2D eigenvalue weighted by Gasteiger charge is 2.58. The summed E-state index contributed by atoms with van der Waals surface area (Å²) in [7, 11) is -4.11. The van der Waals surface area contributed by atoms with E-state index in [9.17, 15) is 26.4 Å². The van der Waals surface area contributed by atoms with E-state index in [1.165, 1.54) is 32.0 Å². The van der Waals surface area contributed by atoms with Gasteiger partial charge in [0.25, 0.3) is 5.92 Å². The Bertz CT molecular complexity index is 904. The maximum atomic E-state index is 14.9. The molecule has 2 rings (SSSR count). The summed E-state index contributed by atoms with van der Waals surface area (Å²) < 4.78 is 76.1. The number of carbonyl (C=O) groups excluding carboxylic acids is 1. The smallest absolute Gasteiger partial charge is 0.410 e. The largest absolute Gasteiger partial charge is 0.444 e. The Hall–Kier alpha value is -1.52. The number of hydrogen-bond donors (Lipinski definition) is 1. The number of nitrogens with zero attached hydrogens (tertiary/aromatic N) is 1. The molecule has 0 aliphatic carbocycles. The second kappa shape index (κ2) is 8.55. The fraction of sp³-hybridized carbons (Fsp3) is 0.632. The molecule has 1 aromatic carbocycles. The molecule has 0 aromatic heterocycles. The van der Waals surface area contributed by atoms with Crippen LogP contribution in [0.3, 0.4) is 0 Å². The summed E-state index contributed by atoms with van der Waals surface area (Å²) in [6.45, 7) is 6.33. The first-order valence-corrected chi connectivity index (χ1v) is 11.3. The van der Waals surface area contributed by atoms with E-state index in [-0.39, 0.29) is 17.0 Å². The molecule has 6 nitrogen and oxygen atoms in total. The second-order valence-electron chi connectivity index (χ2n) is 8.54. The zero-order valence-corrected chi connectivity index (χ0v) is 19.0. The molecule has 0 unspecified atom stereocenters. The van der Waals surface area contributed by atoms with Crippen molar-refractivity contribution in [3.8, 4) is 0 Å². The van der Waals surface area contributed by atoms with E-state index in [1.807, 2.05) is 4.72 Å². The quantitative estimate of drug-likeness (QED) is 0.706. The van der Waals surface area contributed by atoms with Crippen LogP contribution in [0.15, 0.2) is 18.2 Å².